The third kappa shape index (κ3) is 1.84. The maximum Gasteiger partial charge on any atom is 0.252 e. The lowest BCUT2D eigenvalue weighted by molar-refractivity contribution is 0.0978. The molecule has 0 saturated heterocycles. The van der Waals surface area contributed by atoms with Crippen LogP contribution >= 0.6 is 27.5 Å². The number of benzene rings is 2. The lowest BCUT2D eigenvalue weighted by Crippen LogP contribution is -2.21. The Bertz CT molecular complexity index is 796. The van der Waals surface area contributed by atoms with Gasteiger partial charge in [-0.25, -0.2) is 0 Å². The van der Waals surface area contributed by atoms with Crippen LogP contribution in [0.3, 0.4) is 0 Å². The van der Waals surface area contributed by atoms with Gasteiger partial charge < -0.3 is 0 Å². The van der Waals surface area contributed by atoms with Gasteiger partial charge >= 0.3 is 0 Å². The first-order valence-corrected chi connectivity index (χ1v) is 6.89. The van der Waals surface area contributed by atoms with Gasteiger partial charge in [-0.15, -0.1) is 0 Å². The van der Waals surface area contributed by atoms with Crippen molar-refractivity contribution in [2.75, 3.05) is 0 Å². The van der Waals surface area contributed by atoms with E-state index in [4.69, 9.17) is 11.6 Å². The van der Waals surface area contributed by atoms with E-state index < -0.39 is 5.24 Å². The fourth-order valence-electron chi connectivity index (χ4n) is 2.29. The molecule has 2 aromatic rings. The van der Waals surface area contributed by atoms with Gasteiger partial charge in [0.05, 0.1) is 0 Å². The van der Waals surface area contributed by atoms with Crippen LogP contribution in [0.1, 0.15) is 42.2 Å². The number of fused-ring (bicyclic) bond motifs is 2. The predicted octanol–water partition coefficient (Wildman–Crippen LogP) is 3.60. The quantitative estimate of drug-likeness (QED) is 0.631. The topological polar surface area (TPSA) is 51.2 Å². The second-order valence-corrected chi connectivity index (χ2v) is 5.56. The Hall–Kier alpha value is -1.78. The van der Waals surface area contributed by atoms with Crippen molar-refractivity contribution >= 4 is 44.3 Å². The van der Waals surface area contributed by atoms with Gasteiger partial charge in [0.25, 0.3) is 5.24 Å². The van der Waals surface area contributed by atoms with Crippen LogP contribution in [-0.2, 0) is 0 Å². The van der Waals surface area contributed by atoms with Crippen LogP contribution in [0.4, 0.5) is 0 Å². The van der Waals surface area contributed by atoms with Gasteiger partial charge in [-0.05, 0) is 39.7 Å². The SMILES string of the molecule is O=C(Cl)c1cc(Br)c2c(c1)C(=O)c1ccccc1C2=O. The van der Waals surface area contributed by atoms with E-state index >= 15 is 0 Å². The summed E-state index contributed by atoms with van der Waals surface area (Å²) < 4.78 is 0.395. The summed E-state index contributed by atoms with van der Waals surface area (Å²) in [6, 6.07) is 9.44. The van der Waals surface area contributed by atoms with E-state index in [-0.39, 0.29) is 28.3 Å². The summed E-state index contributed by atoms with van der Waals surface area (Å²) in [5.41, 5.74) is 1.37. The molecule has 3 nitrogen and oxygen atoms in total. The Morgan fingerprint density at radius 1 is 0.950 bits per heavy atom. The number of rotatable bonds is 1. The molecule has 0 N–H and O–H groups in total. The first-order chi connectivity index (χ1) is 9.50. The van der Waals surface area contributed by atoms with Crippen LogP contribution in [0.25, 0.3) is 0 Å². The average Bonchev–Trinajstić information content (AvgIpc) is 2.44. The summed E-state index contributed by atoms with van der Waals surface area (Å²) >= 11 is 8.68. The van der Waals surface area contributed by atoms with Crippen LogP contribution in [0.15, 0.2) is 40.9 Å². The molecular weight excluding hydrogens is 344 g/mol. The number of ketones is 2. The predicted molar refractivity (Wildman–Crippen MR) is 77.6 cm³/mol. The van der Waals surface area contributed by atoms with E-state index in [1.165, 1.54) is 12.1 Å². The molecule has 98 valence electrons. The lowest BCUT2D eigenvalue weighted by atomic mass is 9.83. The Morgan fingerprint density at radius 2 is 1.55 bits per heavy atom. The zero-order valence-corrected chi connectivity index (χ0v) is 12.3. The van der Waals surface area contributed by atoms with Gasteiger partial charge in [0.2, 0.25) is 0 Å². The number of hydrogen-bond donors (Lipinski definition) is 0. The van der Waals surface area contributed by atoms with Gasteiger partial charge in [0.15, 0.2) is 11.6 Å². The Kier molecular flexibility index (Phi) is 3.07. The highest BCUT2D eigenvalue weighted by Gasteiger charge is 2.31. The average molecular weight is 350 g/mol. The van der Waals surface area contributed by atoms with E-state index in [0.29, 0.717) is 15.6 Å². The minimum absolute atomic E-state index is 0.179. The van der Waals surface area contributed by atoms with Gasteiger partial charge in [-0.3, -0.25) is 14.4 Å². The molecule has 1 aliphatic rings. The Balaban J connectivity index is 2.33. The molecule has 0 aromatic heterocycles. The van der Waals surface area contributed by atoms with Crippen LogP contribution in [0, 0.1) is 0 Å². The highest BCUT2D eigenvalue weighted by Crippen LogP contribution is 2.33. The first kappa shape index (κ1) is 13.2. The fraction of sp³-hybridized carbons (Fsp3) is 0. The van der Waals surface area contributed by atoms with Crippen molar-refractivity contribution in [3.8, 4) is 0 Å². The maximum absolute atomic E-state index is 12.5. The van der Waals surface area contributed by atoms with E-state index in [9.17, 15) is 14.4 Å². The van der Waals surface area contributed by atoms with Crippen molar-refractivity contribution in [1.29, 1.82) is 0 Å². The van der Waals surface area contributed by atoms with Crippen LogP contribution in [0.2, 0.25) is 0 Å². The standard InChI is InChI=1S/C15H6BrClO3/c16-11-6-7(15(17)20)5-10-12(11)14(19)9-4-2-1-3-8(9)13(10)18/h1-6H. The maximum atomic E-state index is 12.5. The Morgan fingerprint density at radius 3 is 2.15 bits per heavy atom. The smallest absolute Gasteiger partial charge is 0.252 e. The molecule has 0 saturated carbocycles. The molecular formula is C15H6BrClO3. The first-order valence-electron chi connectivity index (χ1n) is 5.72. The van der Waals surface area contributed by atoms with Crippen molar-refractivity contribution in [2.45, 2.75) is 0 Å². The van der Waals surface area contributed by atoms with Gasteiger partial charge in [-0.2, -0.15) is 0 Å². The van der Waals surface area contributed by atoms with E-state index in [1.54, 1.807) is 24.3 Å². The molecule has 0 fully saturated rings. The summed E-state index contributed by atoms with van der Waals surface area (Å²) in [7, 11) is 0. The Labute approximate surface area is 127 Å². The van der Waals surface area contributed by atoms with Gasteiger partial charge in [-0.1, -0.05) is 24.3 Å². The van der Waals surface area contributed by atoms with E-state index in [2.05, 4.69) is 15.9 Å². The largest absolute Gasteiger partial charge is 0.289 e. The van der Waals surface area contributed by atoms with Crippen LogP contribution in [0.5, 0.6) is 0 Å². The molecule has 5 heteroatoms. The number of hydrogen-bond acceptors (Lipinski definition) is 3. The molecule has 0 unspecified atom stereocenters. The molecule has 2 aromatic carbocycles. The third-order valence-corrected chi connectivity index (χ3v) is 4.05. The molecule has 0 aliphatic heterocycles. The van der Waals surface area contributed by atoms with Gasteiger partial charge in [0.1, 0.15) is 0 Å². The molecule has 0 heterocycles. The normalized spacial score (nSPS) is 12.9. The van der Waals surface area contributed by atoms with Crippen molar-refractivity contribution in [1.82, 2.24) is 0 Å². The second kappa shape index (κ2) is 4.65. The van der Waals surface area contributed by atoms with Gasteiger partial charge in [0, 0.05) is 32.3 Å². The molecule has 0 radical (unpaired) electrons. The molecule has 20 heavy (non-hydrogen) atoms. The summed E-state index contributed by atoms with van der Waals surface area (Å²) in [5.74, 6) is -0.522. The van der Waals surface area contributed by atoms with Crippen molar-refractivity contribution in [3.63, 3.8) is 0 Å². The summed E-state index contributed by atoms with van der Waals surface area (Å²) in [5, 5.41) is -0.674. The zero-order valence-electron chi connectivity index (χ0n) is 9.94. The highest BCUT2D eigenvalue weighted by molar-refractivity contribution is 9.10. The molecule has 0 atom stereocenters. The van der Waals surface area contributed by atoms with Crippen molar-refractivity contribution < 1.29 is 14.4 Å². The molecule has 1 aliphatic carbocycles. The summed E-state index contributed by atoms with van der Waals surface area (Å²) in [6.07, 6.45) is 0. The van der Waals surface area contributed by atoms with E-state index in [1.807, 2.05) is 0 Å². The molecule has 0 bridgehead atoms. The lowest BCUT2D eigenvalue weighted by Gasteiger charge is -2.18. The number of carbonyl (C=O) groups is 3. The molecule has 3 rings (SSSR count). The summed E-state index contributed by atoms with van der Waals surface area (Å²) in [6.45, 7) is 0. The second-order valence-electron chi connectivity index (χ2n) is 4.36. The zero-order chi connectivity index (χ0) is 14.4. The fourth-order valence-corrected chi connectivity index (χ4v) is 3.04. The molecule has 0 spiro atoms. The minimum Gasteiger partial charge on any atom is -0.289 e. The van der Waals surface area contributed by atoms with E-state index in [0.717, 1.165) is 0 Å². The number of halogens is 2. The van der Waals surface area contributed by atoms with Crippen LogP contribution in [-0.4, -0.2) is 16.8 Å². The molecule has 0 amide bonds. The van der Waals surface area contributed by atoms with Crippen LogP contribution < -0.4 is 0 Å². The number of carbonyl (C=O) groups excluding carboxylic acids is 3. The third-order valence-electron chi connectivity index (χ3n) is 3.21. The highest BCUT2D eigenvalue weighted by atomic mass is 79.9. The van der Waals surface area contributed by atoms with Crippen molar-refractivity contribution in [3.05, 3.63) is 68.7 Å². The summed E-state index contributed by atoms with van der Waals surface area (Å²) in [4.78, 5) is 36.2. The monoisotopic (exact) mass is 348 g/mol. The minimum atomic E-state index is -0.674. The van der Waals surface area contributed by atoms with Crippen molar-refractivity contribution in [2.24, 2.45) is 0 Å².